The second-order valence-electron chi connectivity index (χ2n) is 8.06. The van der Waals surface area contributed by atoms with Gasteiger partial charge in [0.2, 0.25) is 0 Å². The Labute approximate surface area is 120 Å². The highest BCUT2D eigenvalue weighted by molar-refractivity contribution is 4.89. The molecule has 0 heterocycles. The lowest BCUT2D eigenvalue weighted by Crippen LogP contribution is -2.38. The topological polar surface area (TPSA) is 35.2 Å². The summed E-state index contributed by atoms with van der Waals surface area (Å²) in [7, 11) is 0. The fraction of sp³-hybridized carbons (Fsp3) is 1.00. The van der Waals surface area contributed by atoms with Crippen LogP contribution in [0, 0.1) is 22.7 Å². The smallest absolute Gasteiger partial charge is 0.0488 e. The van der Waals surface area contributed by atoms with E-state index >= 15 is 0 Å². The fourth-order valence-electron chi connectivity index (χ4n) is 3.26. The molecule has 0 radical (unpaired) electrons. The number of rotatable bonds is 6. The van der Waals surface area contributed by atoms with Crippen LogP contribution >= 0.6 is 0 Å². The lowest BCUT2D eigenvalue weighted by atomic mass is 9.63. The van der Waals surface area contributed by atoms with Gasteiger partial charge in [-0.3, -0.25) is 0 Å². The summed E-state index contributed by atoms with van der Waals surface area (Å²) in [4.78, 5) is 0. The average Bonchev–Trinajstić information content (AvgIpc) is 2.34. The monoisotopic (exact) mass is 269 g/mol. The first-order valence-electron chi connectivity index (χ1n) is 8.07. The van der Waals surface area contributed by atoms with Crippen LogP contribution in [-0.4, -0.2) is 19.8 Å². The second-order valence-corrected chi connectivity index (χ2v) is 8.06. The highest BCUT2D eigenvalue weighted by Crippen LogP contribution is 2.46. The summed E-state index contributed by atoms with van der Waals surface area (Å²) in [5.41, 5.74) is 6.89. The van der Waals surface area contributed by atoms with Crippen molar-refractivity contribution in [2.75, 3.05) is 19.8 Å². The molecule has 0 aliphatic heterocycles. The third-order valence-corrected chi connectivity index (χ3v) is 4.93. The Kier molecular flexibility index (Phi) is 6.32. The summed E-state index contributed by atoms with van der Waals surface area (Å²) in [5.74, 6) is 1.49. The minimum absolute atomic E-state index is 0.360. The zero-order chi connectivity index (χ0) is 14.5. The van der Waals surface area contributed by atoms with Crippen molar-refractivity contribution in [1.29, 1.82) is 0 Å². The number of hydrogen-bond acceptors (Lipinski definition) is 2. The molecule has 2 nitrogen and oxygen atoms in total. The van der Waals surface area contributed by atoms with Crippen LogP contribution in [0.25, 0.3) is 0 Å². The SMILES string of the molecule is CC(C)COCCC1(CN)CCC(C(C)(C)C)CC1. The van der Waals surface area contributed by atoms with E-state index in [-0.39, 0.29) is 0 Å². The van der Waals surface area contributed by atoms with Crippen molar-refractivity contribution in [3.05, 3.63) is 0 Å². The predicted molar refractivity (Wildman–Crippen MR) is 83.2 cm³/mol. The van der Waals surface area contributed by atoms with Crippen molar-refractivity contribution in [3.8, 4) is 0 Å². The van der Waals surface area contributed by atoms with E-state index in [1.807, 2.05) is 0 Å². The van der Waals surface area contributed by atoms with E-state index in [2.05, 4.69) is 34.6 Å². The first-order valence-corrected chi connectivity index (χ1v) is 8.07. The van der Waals surface area contributed by atoms with E-state index in [1.165, 1.54) is 25.7 Å². The van der Waals surface area contributed by atoms with Crippen molar-refractivity contribution in [1.82, 2.24) is 0 Å². The lowest BCUT2D eigenvalue weighted by molar-refractivity contribution is 0.0400. The zero-order valence-electron chi connectivity index (χ0n) is 13.8. The molecule has 0 aromatic carbocycles. The molecule has 1 fully saturated rings. The van der Waals surface area contributed by atoms with E-state index in [1.54, 1.807) is 0 Å². The maximum Gasteiger partial charge on any atom is 0.0488 e. The normalized spacial score (nSPS) is 28.9. The van der Waals surface area contributed by atoms with Gasteiger partial charge in [0.25, 0.3) is 0 Å². The molecular weight excluding hydrogens is 234 g/mol. The third kappa shape index (κ3) is 5.43. The van der Waals surface area contributed by atoms with Gasteiger partial charge in [-0.05, 0) is 61.3 Å². The van der Waals surface area contributed by atoms with Gasteiger partial charge in [0.05, 0.1) is 0 Å². The molecule has 1 aliphatic carbocycles. The third-order valence-electron chi connectivity index (χ3n) is 4.93. The Balaban J connectivity index is 2.38. The zero-order valence-corrected chi connectivity index (χ0v) is 13.8. The maximum atomic E-state index is 6.08. The summed E-state index contributed by atoms with van der Waals surface area (Å²) in [6.07, 6.45) is 6.40. The van der Waals surface area contributed by atoms with E-state index in [0.717, 1.165) is 32.1 Å². The van der Waals surface area contributed by atoms with Gasteiger partial charge >= 0.3 is 0 Å². The van der Waals surface area contributed by atoms with E-state index in [0.29, 0.717) is 16.7 Å². The molecule has 1 aliphatic rings. The minimum atomic E-state index is 0.360. The molecule has 1 saturated carbocycles. The van der Waals surface area contributed by atoms with E-state index < -0.39 is 0 Å². The van der Waals surface area contributed by atoms with Crippen LogP contribution in [0.5, 0.6) is 0 Å². The molecule has 2 N–H and O–H groups in total. The van der Waals surface area contributed by atoms with Gasteiger partial charge in [0, 0.05) is 13.2 Å². The molecule has 1 rings (SSSR count). The number of hydrogen-bond donors (Lipinski definition) is 1. The van der Waals surface area contributed by atoms with Gasteiger partial charge in [-0.2, -0.15) is 0 Å². The van der Waals surface area contributed by atoms with Gasteiger partial charge in [0.15, 0.2) is 0 Å². The predicted octanol–water partition coefficient (Wildman–Crippen LogP) is 4.23. The highest BCUT2D eigenvalue weighted by Gasteiger charge is 2.37. The van der Waals surface area contributed by atoms with Crippen LogP contribution in [0.2, 0.25) is 0 Å². The van der Waals surface area contributed by atoms with Crippen molar-refractivity contribution in [2.45, 2.75) is 66.7 Å². The number of ether oxygens (including phenoxy) is 1. The number of nitrogens with two attached hydrogens (primary N) is 1. The first-order chi connectivity index (χ1) is 8.79. The van der Waals surface area contributed by atoms with Crippen molar-refractivity contribution < 1.29 is 4.74 Å². The molecule has 19 heavy (non-hydrogen) atoms. The van der Waals surface area contributed by atoms with Crippen LogP contribution in [0.3, 0.4) is 0 Å². The quantitative estimate of drug-likeness (QED) is 0.732. The fourth-order valence-corrected chi connectivity index (χ4v) is 3.26. The molecule has 0 unspecified atom stereocenters. The molecule has 0 aromatic rings. The van der Waals surface area contributed by atoms with Crippen molar-refractivity contribution in [3.63, 3.8) is 0 Å². The van der Waals surface area contributed by atoms with Crippen molar-refractivity contribution >= 4 is 0 Å². The minimum Gasteiger partial charge on any atom is -0.381 e. The molecule has 0 spiro atoms. The Bertz CT molecular complexity index is 246. The largest absolute Gasteiger partial charge is 0.381 e. The molecule has 0 bridgehead atoms. The Morgan fingerprint density at radius 2 is 1.79 bits per heavy atom. The summed E-state index contributed by atoms with van der Waals surface area (Å²) in [5, 5.41) is 0. The Morgan fingerprint density at radius 1 is 1.21 bits per heavy atom. The molecular formula is C17H35NO. The molecule has 0 atom stereocenters. The molecule has 0 saturated heterocycles. The van der Waals surface area contributed by atoms with Crippen LogP contribution in [-0.2, 0) is 4.74 Å². The summed E-state index contributed by atoms with van der Waals surface area (Å²) >= 11 is 0. The summed E-state index contributed by atoms with van der Waals surface area (Å²) < 4.78 is 5.76. The lowest BCUT2D eigenvalue weighted by Gasteiger charge is -2.43. The standard InChI is InChI=1S/C17H35NO/c1-14(2)12-19-11-10-17(13-18)8-6-15(7-9-17)16(3,4)5/h14-15H,6-13,18H2,1-5H3. The Hall–Kier alpha value is -0.0800. The van der Waals surface area contributed by atoms with Gasteiger partial charge in [-0.15, -0.1) is 0 Å². The molecule has 114 valence electrons. The Morgan fingerprint density at radius 3 is 2.21 bits per heavy atom. The van der Waals surface area contributed by atoms with Crippen LogP contribution < -0.4 is 5.73 Å². The van der Waals surface area contributed by atoms with E-state index in [9.17, 15) is 0 Å². The molecule has 0 amide bonds. The summed E-state index contributed by atoms with van der Waals surface area (Å²) in [6, 6.07) is 0. The van der Waals surface area contributed by atoms with Crippen LogP contribution in [0.15, 0.2) is 0 Å². The molecule has 0 aromatic heterocycles. The van der Waals surface area contributed by atoms with Crippen molar-refractivity contribution in [2.24, 2.45) is 28.4 Å². The van der Waals surface area contributed by atoms with Gasteiger partial charge in [-0.1, -0.05) is 34.6 Å². The van der Waals surface area contributed by atoms with Crippen LogP contribution in [0.4, 0.5) is 0 Å². The van der Waals surface area contributed by atoms with Crippen LogP contribution in [0.1, 0.15) is 66.7 Å². The maximum absolute atomic E-state index is 6.08. The summed E-state index contributed by atoms with van der Waals surface area (Å²) in [6.45, 7) is 14.1. The van der Waals surface area contributed by atoms with Gasteiger partial charge < -0.3 is 10.5 Å². The van der Waals surface area contributed by atoms with E-state index in [4.69, 9.17) is 10.5 Å². The first kappa shape index (κ1) is 17.0. The van der Waals surface area contributed by atoms with Gasteiger partial charge in [0.1, 0.15) is 0 Å². The van der Waals surface area contributed by atoms with Gasteiger partial charge in [-0.25, -0.2) is 0 Å². The second kappa shape index (κ2) is 7.08. The molecule has 2 heteroatoms. The highest BCUT2D eigenvalue weighted by atomic mass is 16.5. The average molecular weight is 269 g/mol.